The van der Waals surface area contributed by atoms with E-state index in [2.05, 4.69) is 36.2 Å². The minimum absolute atomic E-state index is 0.689. The summed E-state index contributed by atoms with van der Waals surface area (Å²) in [7, 11) is 0. The molecule has 6 heteroatoms. The van der Waals surface area contributed by atoms with Crippen molar-refractivity contribution in [1.29, 1.82) is 0 Å². The Hall–Kier alpha value is -1.01. The maximum atomic E-state index is 4.26. The first kappa shape index (κ1) is 10.5. The Balaban J connectivity index is 2.02. The van der Waals surface area contributed by atoms with E-state index in [4.69, 9.17) is 0 Å². The molecule has 0 aliphatic carbocycles. The lowest BCUT2D eigenvalue weighted by Crippen LogP contribution is -2.01. The van der Waals surface area contributed by atoms with Gasteiger partial charge in [0.1, 0.15) is 17.2 Å². The molecule has 0 unspecified atom stereocenters. The van der Waals surface area contributed by atoms with Crippen LogP contribution < -0.4 is 5.32 Å². The summed E-state index contributed by atoms with van der Waals surface area (Å²) in [6, 6.07) is 0. The molecule has 2 heterocycles. The van der Waals surface area contributed by atoms with Gasteiger partial charge in [-0.05, 0) is 22.9 Å². The molecule has 0 spiro atoms. The summed E-state index contributed by atoms with van der Waals surface area (Å²) in [5.74, 6) is 0.790. The molecule has 0 fully saturated rings. The number of anilines is 1. The van der Waals surface area contributed by atoms with Crippen molar-refractivity contribution in [3.63, 3.8) is 0 Å². The molecule has 15 heavy (non-hydrogen) atoms. The molecule has 0 aromatic carbocycles. The van der Waals surface area contributed by atoms with Gasteiger partial charge in [-0.25, -0.2) is 15.0 Å². The van der Waals surface area contributed by atoms with Crippen LogP contribution in [0.4, 0.5) is 5.82 Å². The third kappa shape index (κ3) is 2.73. The molecule has 0 bridgehead atoms. The maximum absolute atomic E-state index is 4.26. The maximum Gasteiger partial charge on any atom is 0.144 e. The van der Waals surface area contributed by atoms with Crippen LogP contribution in [0.2, 0.25) is 0 Å². The van der Waals surface area contributed by atoms with Gasteiger partial charge in [-0.1, -0.05) is 0 Å². The van der Waals surface area contributed by atoms with Gasteiger partial charge < -0.3 is 5.32 Å². The molecule has 2 rings (SSSR count). The second-order valence-corrected chi connectivity index (χ2v) is 5.11. The van der Waals surface area contributed by atoms with Crippen molar-refractivity contribution < 1.29 is 0 Å². The van der Waals surface area contributed by atoms with Gasteiger partial charge in [-0.3, -0.25) is 0 Å². The monoisotopic (exact) mass is 284 g/mol. The molecule has 0 aliphatic rings. The topological polar surface area (TPSA) is 50.7 Å². The molecule has 0 saturated carbocycles. The van der Waals surface area contributed by atoms with Crippen LogP contribution in [-0.2, 0) is 6.54 Å². The normalized spacial score (nSPS) is 10.3. The zero-order valence-corrected chi connectivity index (χ0v) is 10.5. The van der Waals surface area contributed by atoms with Gasteiger partial charge in [0.25, 0.3) is 0 Å². The van der Waals surface area contributed by atoms with Crippen LogP contribution in [-0.4, -0.2) is 15.0 Å². The van der Waals surface area contributed by atoms with Crippen LogP contribution in [0.3, 0.4) is 0 Å². The van der Waals surface area contributed by atoms with E-state index in [1.165, 1.54) is 11.2 Å². The van der Waals surface area contributed by atoms with Gasteiger partial charge >= 0.3 is 0 Å². The van der Waals surface area contributed by atoms with Crippen LogP contribution in [0, 0.1) is 6.92 Å². The Morgan fingerprint density at radius 1 is 1.40 bits per heavy atom. The van der Waals surface area contributed by atoms with Crippen molar-refractivity contribution in [2.24, 2.45) is 0 Å². The van der Waals surface area contributed by atoms with Crippen LogP contribution in [0.15, 0.2) is 23.2 Å². The van der Waals surface area contributed by atoms with Crippen molar-refractivity contribution in [2.75, 3.05) is 5.32 Å². The predicted molar refractivity (Wildman–Crippen MR) is 63.9 cm³/mol. The standard InChI is InChI=1S/C9H9BrN4S/c1-6-2-12-8(15-6)4-13-9-7(10)3-11-5-14-9/h2-3,5H,4H2,1H3,(H,11,13,14). The predicted octanol–water partition coefficient (Wildman–Crippen LogP) is 2.62. The van der Waals surface area contributed by atoms with Crippen molar-refractivity contribution in [1.82, 2.24) is 15.0 Å². The van der Waals surface area contributed by atoms with E-state index < -0.39 is 0 Å². The highest BCUT2D eigenvalue weighted by Crippen LogP contribution is 2.19. The lowest BCUT2D eigenvalue weighted by atomic mass is 10.5. The van der Waals surface area contributed by atoms with Gasteiger partial charge in [0.15, 0.2) is 0 Å². The summed E-state index contributed by atoms with van der Waals surface area (Å²) in [6.45, 7) is 2.73. The molecule has 1 N–H and O–H groups in total. The number of aromatic nitrogens is 3. The molecule has 2 aromatic rings. The number of nitrogens with zero attached hydrogens (tertiary/aromatic N) is 3. The molecular formula is C9H9BrN4S. The zero-order chi connectivity index (χ0) is 10.7. The van der Waals surface area contributed by atoms with Gasteiger partial charge in [0.2, 0.25) is 0 Å². The van der Waals surface area contributed by atoms with E-state index in [0.29, 0.717) is 6.54 Å². The third-order valence-electron chi connectivity index (χ3n) is 1.74. The van der Waals surface area contributed by atoms with Crippen molar-refractivity contribution in [2.45, 2.75) is 13.5 Å². The molecule has 78 valence electrons. The van der Waals surface area contributed by atoms with Gasteiger partial charge in [0, 0.05) is 17.3 Å². The number of halogens is 1. The Morgan fingerprint density at radius 2 is 2.27 bits per heavy atom. The van der Waals surface area contributed by atoms with Gasteiger partial charge in [-0.15, -0.1) is 11.3 Å². The third-order valence-corrected chi connectivity index (χ3v) is 3.24. The first-order chi connectivity index (χ1) is 7.25. The summed E-state index contributed by atoms with van der Waals surface area (Å²) in [5.41, 5.74) is 0. The molecule has 4 nitrogen and oxygen atoms in total. The SMILES string of the molecule is Cc1cnc(CNc2ncncc2Br)s1. The fraction of sp³-hybridized carbons (Fsp3) is 0.222. The summed E-state index contributed by atoms with van der Waals surface area (Å²) in [6.07, 6.45) is 5.10. The molecule has 0 saturated heterocycles. The molecular weight excluding hydrogens is 276 g/mol. The molecule has 0 atom stereocenters. The Morgan fingerprint density at radius 3 is 2.93 bits per heavy atom. The van der Waals surface area contributed by atoms with E-state index >= 15 is 0 Å². The van der Waals surface area contributed by atoms with E-state index in [9.17, 15) is 0 Å². The largest absolute Gasteiger partial charge is 0.363 e. The van der Waals surface area contributed by atoms with Crippen LogP contribution in [0.25, 0.3) is 0 Å². The molecule has 0 aliphatic heterocycles. The van der Waals surface area contributed by atoms with E-state index in [-0.39, 0.29) is 0 Å². The highest BCUT2D eigenvalue weighted by atomic mass is 79.9. The zero-order valence-electron chi connectivity index (χ0n) is 8.07. The smallest absolute Gasteiger partial charge is 0.144 e. The fourth-order valence-electron chi connectivity index (χ4n) is 1.09. The van der Waals surface area contributed by atoms with Gasteiger partial charge in [-0.2, -0.15) is 0 Å². The van der Waals surface area contributed by atoms with Crippen molar-refractivity contribution in [3.05, 3.63) is 33.1 Å². The van der Waals surface area contributed by atoms with Crippen LogP contribution in [0.1, 0.15) is 9.88 Å². The second kappa shape index (κ2) is 4.67. The Labute approximate surface area is 99.9 Å². The highest BCUT2D eigenvalue weighted by molar-refractivity contribution is 9.10. The summed E-state index contributed by atoms with van der Waals surface area (Å²) in [5, 5.41) is 4.25. The fourth-order valence-corrected chi connectivity index (χ4v) is 2.17. The number of aryl methyl sites for hydroxylation is 1. The number of thiazole rings is 1. The number of hydrogen-bond donors (Lipinski definition) is 1. The second-order valence-electron chi connectivity index (χ2n) is 2.94. The number of nitrogens with one attached hydrogen (secondary N) is 1. The van der Waals surface area contributed by atoms with Crippen LogP contribution >= 0.6 is 27.3 Å². The summed E-state index contributed by atoms with van der Waals surface area (Å²) in [4.78, 5) is 13.5. The van der Waals surface area contributed by atoms with Crippen LogP contribution in [0.5, 0.6) is 0 Å². The lowest BCUT2D eigenvalue weighted by Gasteiger charge is -2.03. The van der Waals surface area contributed by atoms with E-state index in [1.807, 2.05) is 13.1 Å². The Kier molecular flexibility index (Phi) is 3.27. The molecule has 2 aromatic heterocycles. The Bertz CT molecular complexity index is 457. The number of rotatable bonds is 3. The lowest BCUT2D eigenvalue weighted by molar-refractivity contribution is 1.05. The average molecular weight is 285 g/mol. The first-order valence-corrected chi connectivity index (χ1v) is 5.97. The number of hydrogen-bond acceptors (Lipinski definition) is 5. The van der Waals surface area contributed by atoms with Crippen molar-refractivity contribution >= 4 is 33.1 Å². The van der Waals surface area contributed by atoms with Gasteiger partial charge in [0.05, 0.1) is 11.0 Å². The first-order valence-electron chi connectivity index (χ1n) is 4.36. The van der Waals surface area contributed by atoms with E-state index in [1.54, 1.807) is 17.5 Å². The summed E-state index contributed by atoms with van der Waals surface area (Å²) >= 11 is 5.05. The average Bonchev–Trinajstić information content (AvgIpc) is 2.63. The molecule has 0 amide bonds. The molecule has 0 radical (unpaired) electrons. The minimum atomic E-state index is 0.689. The highest BCUT2D eigenvalue weighted by Gasteiger charge is 2.02. The van der Waals surface area contributed by atoms with Crippen molar-refractivity contribution in [3.8, 4) is 0 Å². The summed E-state index contributed by atoms with van der Waals surface area (Å²) < 4.78 is 0.860. The van der Waals surface area contributed by atoms with E-state index in [0.717, 1.165) is 15.3 Å². The minimum Gasteiger partial charge on any atom is -0.363 e. The quantitative estimate of drug-likeness (QED) is 0.941.